The van der Waals surface area contributed by atoms with Gasteiger partial charge in [0.25, 0.3) is 5.92 Å². The van der Waals surface area contributed by atoms with Crippen LogP contribution in [0.5, 0.6) is 0 Å². The molecule has 1 fully saturated rings. The van der Waals surface area contributed by atoms with E-state index in [-0.39, 0.29) is 12.3 Å². The fourth-order valence-electron chi connectivity index (χ4n) is 0.710. The Labute approximate surface area is 47.9 Å². The number of halogens is 2. The minimum Gasteiger partial charge on any atom is -0.207 e. The predicted molar refractivity (Wildman–Crippen MR) is 27.6 cm³/mol. The Balaban J connectivity index is 2.37. The molecule has 1 aliphatic rings. The highest BCUT2D eigenvalue weighted by Gasteiger charge is 2.44. The molecule has 0 unspecified atom stereocenters. The molecular weight excluding hydrogens is 110 g/mol. The van der Waals surface area contributed by atoms with E-state index >= 15 is 0 Å². The van der Waals surface area contributed by atoms with Crippen LogP contribution in [0, 0.1) is 12.8 Å². The van der Waals surface area contributed by atoms with Crippen LogP contribution in [0.4, 0.5) is 8.78 Å². The first-order valence-corrected chi connectivity index (χ1v) is 2.84. The van der Waals surface area contributed by atoms with Crippen molar-refractivity contribution < 1.29 is 8.78 Å². The van der Waals surface area contributed by atoms with Crippen LogP contribution in [-0.4, -0.2) is 5.92 Å². The highest BCUT2D eigenvalue weighted by molar-refractivity contribution is 4.87. The largest absolute Gasteiger partial charge is 0.250 e. The Kier molecular flexibility index (Phi) is 1.25. The van der Waals surface area contributed by atoms with Crippen molar-refractivity contribution in [2.75, 3.05) is 0 Å². The highest BCUT2D eigenvalue weighted by Crippen LogP contribution is 2.44. The maximum atomic E-state index is 12.3. The zero-order chi connectivity index (χ0) is 6.20. The summed E-state index contributed by atoms with van der Waals surface area (Å²) in [6.07, 6.45) is 1.16. The molecule has 0 amide bonds. The third-order valence-corrected chi connectivity index (χ3v) is 1.51. The van der Waals surface area contributed by atoms with Gasteiger partial charge in [0.2, 0.25) is 0 Å². The SMILES string of the molecule is [CH2]CC(F)(F)C1CC1. The third kappa shape index (κ3) is 0.984. The van der Waals surface area contributed by atoms with Crippen LogP contribution in [0.3, 0.4) is 0 Å². The maximum absolute atomic E-state index is 12.3. The minimum absolute atomic E-state index is 0.238. The van der Waals surface area contributed by atoms with Gasteiger partial charge in [-0.05, 0) is 19.8 Å². The molecular formula is C6H9F2. The lowest BCUT2D eigenvalue weighted by atomic mass is 10.2. The highest BCUT2D eigenvalue weighted by atomic mass is 19.3. The summed E-state index contributed by atoms with van der Waals surface area (Å²) in [7, 11) is 0. The maximum Gasteiger partial charge on any atom is 0.250 e. The first-order chi connectivity index (χ1) is 3.67. The second-order valence-corrected chi connectivity index (χ2v) is 2.29. The van der Waals surface area contributed by atoms with Gasteiger partial charge in [0.1, 0.15) is 0 Å². The molecule has 0 bridgehead atoms. The topological polar surface area (TPSA) is 0 Å². The van der Waals surface area contributed by atoms with Gasteiger partial charge in [-0.2, -0.15) is 0 Å². The second kappa shape index (κ2) is 1.67. The first-order valence-electron chi connectivity index (χ1n) is 2.84. The number of rotatable bonds is 2. The fraction of sp³-hybridized carbons (Fsp3) is 0.833. The smallest absolute Gasteiger partial charge is 0.207 e. The molecule has 0 N–H and O–H groups in total. The zero-order valence-corrected chi connectivity index (χ0v) is 4.66. The monoisotopic (exact) mass is 119 g/mol. The van der Waals surface area contributed by atoms with Crippen LogP contribution in [-0.2, 0) is 0 Å². The predicted octanol–water partition coefficient (Wildman–Crippen LogP) is 2.26. The van der Waals surface area contributed by atoms with Crippen LogP contribution in [0.1, 0.15) is 19.3 Å². The Morgan fingerprint density at radius 3 is 2.12 bits per heavy atom. The summed E-state index contributed by atoms with van der Waals surface area (Å²) in [5.41, 5.74) is 0. The molecule has 0 atom stereocenters. The summed E-state index contributed by atoms with van der Waals surface area (Å²) in [5.74, 6) is -2.79. The van der Waals surface area contributed by atoms with Crippen LogP contribution in [0.15, 0.2) is 0 Å². The number of hydrogen-bond donors (Lipinski definition) is 0. The standard InChI is InChI=1S/C6H9F2/c1-2-6(7,8)5-3-4-5/h5H,1-4H2. The van der Waals surface area contributed by atoms with Gasteiger partial charge in [-0.1, -0.05) is 0 Å². The first kappa shape index (κ1) is 5.99. The van der Waals surface area contributed by atoms with Crippen molar-refractivity contribution in [1.29, 1.82) is 0 Å². The molecule has 1 rings (SSSR count). The normalized spacial score (nSPS) is 21.4. The van der Waals surface area contributed by atoms with E-state index in [1.165, 1.54) is 0 Å². The van der Waals surface area contributed by atoms with Gasteiger partial charge in [0, 0.05) is 12.3 Å². The number of hydrogen-bond acceptors (Lipinski definition) is 0. The number of alkyl halides is 2. The summed E-state index contributed by atoms with van der Waals surface area (Å²) >= 11 is 0. The molecule has 0 aliphatic heterocycles. The van der Waals surface area contributed by atoms with Gasteiger partial charge < -0.3 is 0 Å². The van der Waals surface area contributed by atoms with E-state index in [1.54, 1.807) is 0 Å². The fourth-order valence-corrected chi connectivity index (χ4v) is 0.710. The van der Waals surface area contributed by atoms with Gasteiger partial charge in [0.15, 0.2) is 0 Å². The lowest BCUT2D eigenvalue weighted by molar-refractivity contribution is -0.0197. The summed E-state index contributed by atoms with van der Waals surface area (Å²) in [6.45, 7) is 3.17. The van der Waals surface area contributed by atoms with E-state index in [4.69, 9.17) is 0 Å². The summed E-state index contributed by atoms with van der Waals surface area (Å²) < 4.78 is 24.6. The van der Waals surface area contributed by atoms with E-state index in [0.29, 0.717) is 12.8 Å². The molecule has 0 heterocycles. The molecule has 0 aromatic carbocycles. The van der Waals surface area contributed by atoms with E-state index in [0.717, 1.165) is 0 Å². The van der Waals surface area contributed by atoms with Crippen molar-refractivity contribution in [3.63, 3.8) is 0 Å². The van der Waals surface area contributed by atoms with Gasteiger partial charge in [-0.3, -0.25) is 0 Å². The Hall–Kier alpha value is -0.140. The molecule has 0 aromatic heterocycles. The van der Waals surface area contributed by atoms with E-state index < -0.39 is 5.92 Å². The van der Waals surface area contributed by atoms with Crippen molar-refractivity contribution in [3.8, 4) is 0 Å². The molecule has 0 aromatic rings. The van der Waals surface area contributed by atoms with Crippen molar-refractivity contribution in [1.82, 2.24) is 0 Å². The van der Waals surface area contributed by atoms with Crippen LogP contribution < -0.4 is 0 Å². The van der Waals surface area contributed by atoms with Crippen LogP contribution in [0.25, 0.3) is 0 Å². The van der Waals surface area contributed by atoms with Gasteiger partial charge >= 0.3 is 0 Å². The molecule has 0 spiro atoms. The summed E-state index contributed by atoms with van der Waals surface area (Å²) in [5, 5.41) is 0. The third-order valence-electron chi connectivity index (χ3n) is 1.51. The molecule has 2 heteroatoms. The lowest BCUT2D eigenvalue weighted by Crippen LogP contribution is -2.16. The van der Waals surface area contributed by atoms with Crippen molar-refractivity contribution in [2.24, 2.45) is 5.92 Å². The molecule has 1 radical (unpaired) electrons. The van der Waals surface area contributed by atoms with Crippen molar-refractivity contribution in [2.45, 2.75) is 25.2 Å². The average molecular weight is 119 g/mol. The molecule has 1 aliphatic carbocycles. The molecule has 0 saturated heterocycles. The van der Waals surface area contributed by atoms with E-state index in [1.807, 2.05) is 0 Å². The molecule has 47 valence electrons. The zero-order valence-electron chi connectivity index (χ0n) is 4.66. The van der Waals surface area contributed by atoms with Crippen molar-refractivity contribution in [3.05, 3.63) is 6.92 Å². The Morgan fingerprint density at radius 1 is 1.50 bits per heavy atom. The van der Waals surface area contributed by atoms with Crippen LogP contribution in [0.2, 0.25) is 0 Å². The average Bonchev–Trinajstić information content (AvgIpc) is 2.44. The lowest BCUT2D eigenvalue weighted by Gasteiger charge is -2.10. The summed E-state index contributed by atoms with van der Waals surface area (Å²) in [4.78, 5) is 0. The van der Waals surface area contributed by atoms with Crippen molar-refractivity contribution >= 4 is 0 Å². The quantitative estimate of drug-likeness (QED) is 0.523. The molecule has 8 heavy (non-hydrogen) atoms. The van der Waals surface area contributed by atoms with Gasteiger partial charge in [-0.25, -0.2) is 8.78 Å². The van der Waals surface area contributed by atoms with Gasteiger partial charge in [0.05, 0.1) is 0 Å². The molecule has 0 nitrogen and oxygen atoms in total. The molecule has 1 saturated carbocycles. The van der Waals surface area contributed by atoms with Gasteiger partial charge in [-0.15, -0.1) is 0 Å². The summed E-state index contributed by atoms with van der Waals surface area (Å²) in [6, 6.07) is 0. The Morgan fingerprint density at radius 2 is 2.00 bits per heavy atom. The second-order valence-electron chi connectivity index (χ2n) is 2.29. The van der Waals surface area contributed by atoms with E-state index in [2.05, 4.69) is 6.92 Å². The van der Waals surface area contributed by atoms with E-state index in [9.17, 15) is 8.78 Å². The Bertz CT molecular complexity index is 84.5. The van der Waals surface area contributed by atoms with Crippen LogP contribution >= 0.6 is 0 Å². The minimum atomic E-state index is -2.46.